The van der Waals surface area contributed by atoms with Crippen LogP contribution in [0.4, 0.5) is 0 Å². The van der Waals surface area contributed by atoms with Gasteiger partial charge in [0.15, 0.2) is 0 Å². The van der Waals surface area contributed by atoms with Gasteiger partial charge in [-0.1, -0.05) is 6.58 Å². The number of hydrogen-bond acceptors (Lipinski definition) is 4. The number of methoxy groups -OCH3 is 2. The van der Waals surface area contributed by atoms with Gasteiger partial charge in [0.05, 0.1) is 32.5 Å². The quantitative estimate of drug-likeness (QED) is 0.701. The molecule has 0 aliphatic heterocycles. The first-order valence-electron chi connectivity index (χ1n) is 4.43. The second kappa shape index (κ2) is 5.14. The van der Waals surface area contributed by atoms with E-state index in [-0.39, 0.29) is 12.4 Å². The molecule has 0 unspecified atom stereocenters. The van der Waals surface area contributed by atoms with Crippen molar-refractivity contribution in [3.8, 4) is 5.75 Å². The highest BCUT2D eigenvalue weighted by atomic mass is 16.5. The third-order valence-electron chi connectivity index (χ3n) is 1.96. The van der Waals surface area contributed by atoms with Crippen LogP contribution in [0.5, 0.6) is 5.75 Å². The summed E-state index contributed by atoms with van der Waals surface area (Å²) in [7, 11) is 2.88. The smallest absolute Gasteiger partial charge is 0.310 e. The van der Waals surface area contributed by atoms with Crippen molar-refractivity contribution in [2.75, 3.05) is 14.2 Å². The summed E-state index contributed by atoms with van der Waals surface area (Å²) in [6, 6.07) is 1.75. The number of hydrogen-bond donors (Lipinski definition) is 0. The summed E-state index contributed by atoms with van der Waals surface area (Å²) >= 11 is 0. The summed E-state index contributed by atoms with van der Waals surface area (Å²) < 4.78 is 9.67. The summed E-state index contributed by atoms with van der Waals surface area (Å²) in [6.45, 7) is 3.61. The van der Waals surface area contributed by atoms with E-state index in [1.807, 2.05) is 0 Å². The third kappa shape index (κ3) is 2.80. The van der Waals surface area contributed by atoms with Gasteiger partial charge < -0.3 is 9.47 Å². The van der Waals surface area contributed by atoms with Gasteiger partial charge >= 0.3 is 5.97 Å². The van der Waals surface area contributed by atoms with Gasteiger partial charge in [-0.15, -0.1) is 0 Å². The van der Waals surface area contributed by atoms with Crippen molar-refractivity contribution in [1.29, 1.82) is 0 Å². The molecular formula is C11H13NO3. The van der Waals surface area contributed by atoms with Crippen molar-refractivity contribution in [3.05, 3.63) is 30.1 Å². The lowest BCUT2D eigenvalue weighted by molar-refractivity contribution is -0.139. The largest absolute Gasteiger partial charge is 0.495 e. The van der Waals surface area contributed by atoms with Crippen LogP contribution >= 0.6 is 0 Å². The lowest BCUT2D eigenvalue weighted by Crippen LogP contribution is -2.06. The number of carbonyl (C=O) groups is 1. The van der Waals surface area contributed by atoms with E-state index in [0.29, 0.717) is 11.4 Å². The lowest BCUT2D eigenvalue weighted by atomic mass is 10.1. The fourth-order valence-corrected chi connectivity index (χ4v) is 1.16. The van der Waals surface area contributed by atoms with Gasteiger partial charge in [0.2, 0.25) is 0 Å². The molecule has 0 fully saturated rings. The first-order valence-corrected chi connectivity index (χ1v) is 4.43. The number of carbonyl (C=O) groups excluding carboxylic acids is 1. The van der Waals surface area contributed by atoms with Crippen LogP contribution in [0, 0.1) is 0 Å². The number of esters is 1. The van der Waals surface area contributed by atoms with Crippen molar-refractivity contribution in [2.24, 2.45) is 0 Å². The van der Waals surface area contributed by atoms with Crippen LogP contribution in [0.15, 0.2) is 18.8 Å². The Morgan fingerprint density at radius 3 is 2.87 bits per heavy atom. The summed E-state index contributed by atoms with van der Waals surface area (Å²) in [5.74, 6) is 0.264. The van der Waals surface area contributed by atoms with Crippen molar-refractivity contribution in [3.63, 3.8) is 0 Å². The summed E-state index contributed by atoms with van der Waals surface area (Å²) in [4.78, 5) is 15.2. The van der Waals surface area contributed by atoms with Crippen LogP contribution in [-0.4, -0.2) is 25.2 Å². The van der Waals surface area contributed by atoms with Gasteiger partial charge in [0.1, 0.15) is 5.75 Å². The van der Waals surface area contributed by atoms with Gasteiger partial charge in [-0.25, -0.2) is 0 Å². The van der Waals surface area contributed by atoms with E-state index in [9.17, 15) is 4.79 Å². The van der Waals surface area contributed by atoms with E-state index < -0.39 is 0 Å². The van der Waals surface area contributed by atoms with Crippen LogP contribution in [0.1, 0.15) is 11.3 Å². The van der Waals surface area contributed by atoms with Crippen molar-refractivity contribution in [1.82, 2.24) is 4.98 Å². The maximum Gasteiger partial charge on any atom is 0.310 e. The Labute approximate surface area is 88.5 Å². The zero-order valence-corrected chi connectivity index (χ0v) is 8.82. The zero-order valence-electron chi connectivity index (χ0n) is 8.82. The second-order valence-electron chi connectivity index (χ2n) is 2.88. The monoisotopic (exact) mass is 207 g/mol. The van der Waals surface area contributed by atoms with E-state index in [1.54, 1.807) is 18.3 Å². The number of nitrogens with zero attached hydrogens (tertiary/aromatic N) is 1. The Hall–Kier alpha value is -1.84. The van der Waals surface area contributed by atoms with Crippen LogP contribution in [0.3, 0.4) is 0 Å². The molecule has 0 spiro atoms. The molecule has 0 aromatic carbocycles. The van der Waals surface area contributed by atoms with E-state index in [4.69, 9.17) is 4.74 Å². The van der Waals surface area contributed by atoms with Gasteiger partial charge in [0.25, 0.3) is 0 Å². The molecule has 0 saturated carbocycles. The third-order valence-corrected chi connectivity index (χ3v) is 1.96. The highest BCUT2D eigenvalue weighted by Crippen LogP contribution is 2.19. The Balaban J connectivity index is 3.00. The average molecular weight is 207 g/mol. The predicted molar refractivity (Wildman–Crippen MR) is 56.6 cm³/mol. The second-order valence-corrected chi connectivity index (χ2v) is 2.88. The molecule has 4 heteroatoms. The van der Waals surface area contributed by atoms with Gasteiger partial charge in [-0.3, -0.25) is 9.78 Å². The molecule has 1 rings (SSSR count). The van der Waals surface area contributed by atoms with E-state index in [0.717, 1.165) is 5.56 Å². The molecule has 0 aliphatic rings. The number of rotatable bonds is 4. The highest BCUT2D eigenvalue weighted by Gasteiger charge is 2.09. The Morgan fingerprint density at radius 2 is 2.33 bits per heavy atom. The summed E-state index contributed by atoms with van der Waals surface area (Å²) in [6.07, 6.45) is 3.35. The maximum atomic E-state index is 11.1. The standard InChI is InChI=1S/C11H13NO3/c1-4-9-5-8(6-11(13)15-3)10(14-2)7-12-9/h4-5,7H,1,6H2,2-3H3. The normalized spacial score (nSPS) is 9.47. The Morgan fingerprint density at radius 1 is 1.60 bits per heavy atom. The van der Waals surface area contributed by atoms with Crippen molar-refractivity contribution < 1.29 is 14.3 Å². The number of pyridine rings is 1. The van der Waals surface area contributed by atoms with Crippen molar-refractivity contribution >= 4 is 12.0 Å². The van der Waals surface area contributed by atoms with Crippen LogP contribution < -0.4 is 4.74 Å². The molecule has 15 heavy (non-hydrogen) atoms. The summed E-state index contributed by atoms with van der Waals surface area (Å²) in [5, 5.41) is 0. The molecule has 80 valence electrons. The van der Waals surface area contributed by atoms with E-state index >= 15 is 0 Å². The highest BCUT2D eigenvalue weighted by molar-refractivity contribution is 5.73. The van der Waals surface area contributed by atoms with Crippen LogP contribution in [-0.2, 0) is 16.0 Å². The predicted octanol–water partition coefficient (Wildman–Crippen LogP) is 1.45. The van der Waals surface area contributed by atoms with E-state index in [2.05, 4.69) is 16.3 Å². The number of aromatic nitrogens is 1. The average Bonchev–Trinajstić information content (AvgIpc) is 2.28. The molecule has 0 saturated heterocycles. The topological polar surface area (TPSA) is 48.4 Å². The summed E-state index contributed by atoms with van der Waals surface area (Å²) in [5.41, 5.74) is 1.45. The molecular weight excluding hydrogens is 194 g/mol. The minimum Gasteiger partial charge on any atom is -0.495 e. The van der Waals surface area contributed by atoms with Gasteiger partial charge in [0, 0.05) is 5.56 Å². The first kappa shape index (κ1) is 11.2. The molecule has 0 amide bonds. The lowest BCUT2D eigenvalue weighted by Gasteiger charge is -2.07. The Bertz CT molecular complexity index is 374. The van der Waals surface area contributed by atoms with Gasteiger partial charge in [-0.05, 0) is 12.1 Å². The molecule has 1 aromatic heterocycles. The minimum absolute atomic E-state index is 0.170. The fraction of sp³-hybridized carbons (Fsp3) is 0.273. The van der Waals surface area contributed by atoms with Gasteiger partial charge in [-0.2, -0.15) is 0 Å². The molecule has 0 atom stereocenters. The molecule has 1 heterocycles. The molecule has 4 nitrogen and oxygen atoms in total. The SMILES string of the molecule is C=Cc1cc(CC(=O)OC)c(OC)cn1. The maximum absolute atomic E-state index is 11.1. The Kier molecular flexibility index (Phi) is 3.85. The van der Waals surface area contributed by atoms with Crippen molar-refractivity contribution in [2.45, 2.75) is 6.42 Å². The molecule has 0 bridgehead atoms. The number of ether oxygens (including phenoxy) is 2. The fourth-order valence-electron chi connectivity index (χ4n) is 1.16. The molecule has 0 radical (unpaired) electrons. The first-order chi connectivity index (χ1) is 7.21. The van der Waals surface area contributed by atoms with Crippen LogP contribution in [0.25, 0.3) is 6.08 Å². The molecule has 0 N–H and O–H groups in total. The molecule has 0 aliphatic carbocycles. The van der Waals surface area contributed by atoms with E-state index in [1.165, 1.54) is 14.2 Å². The molecule has 1 aromatic rings. The zero-order chi connectivity index (χ0) is 11.3. The van der Waals surface area contributed by atoms with Crippen LogP contribution in [0.2, 0.25) is 0 Å². The minimum atomic E-state index is -0.311.